The molecule has 0 bridgehead atoms. The topological polar surface area (TPSA) is 80.0 Å². The number of phenols is 1. The average molecular weight is 476 g/mol. The minimum atomic E-state index is -0.769. The fourth-order valence-electron chi connectivity index (χ4n) is 4.39. The Kier molecular flexibility index (Phi) is 5.54. The monoisotopic (exact) mass is 475 g/mol. The number of nitrogens with zero attached hydrogens (tertiary/aromatic N) is 1. The summed E-state index contributed by atoms with van der Waals surface area (Å²) in [5, 5.41) is 10.9. The van der Waals surface area contributed by atoms with Gasteiger partial charge in [-0.1, -0.05) is 36.7 Å². The van der Waals surface area contributed by atoms with Crippen molar-refractivity contribution < 1.29 is 19.1 Å². The number of benzene rings is 3. The summed E-state index contributed by atoms with van der Waals surface area (Å²) in [5.41, 5.74) is 2.57. The van der Waals surface area contributed by atoms with Gasteiger partial charge in [0.2, 0.25) is 5.76 Å². The van der Waals surface area contributed by atoms with Crippen molar-refractivity contribution in [3.63, 3.8) is 0 Å². The molecule has 2 heterocycles. The zero-order valence-electron chi connectivity index (χ0n) is 18.7. The van der Waals surface area contributed by atoms with Crippen LogP contribution in [-0.2, 0) is 6.42 Å². The molecule has 1 unspecified atom stereocenters. The van der Waals surface area contributed by atoms with E-state index in [0.717, 1.165) is 12.0 Å². The lowest BCUT2D eigenvalue weighted by Gasteiger charge is -2.26. The third-order valence-corrected chi connectivity index (χ3v) is 6.29. The first-order valence-corrected chi connectivity index (χ1v) is 11.4. The predicted molar refractivity (Wildman–Crippen MR) is 131 cm³/mol. The number of amides is 1. The normalized spacial score (nSPS) is 15.1. The Labute approximate surface area is 201 Å². The maximum atomic E-state index is 13.7. The number of anilines is 1. The quantitative estimate of drug-likeness (QED) is 0.391. The second-order valence-electron chi connectivity index (χ2n) is 8.07. The number of phenolic OH excluding ortho intramolecular Hbond substituents is 1. The molecule has 3 aromatic carbocycles. The summed E-state index contributed by atoms with van der Waals surface area (Å²) in [6.07, 6.45) is 0.861. The largest absolute Gasteiger partial charge is 0.504 e. The molecule has 7 heteroatoms. The summed E-state index contributed by atoms with van der Waals surface area (Å²) in [6, 6.07) is 16.5. The lowest BCUT2D eigenvalue weighted by atomic mass is 9.97. The molecule has 5 rings (SSSR count). The van der Waals surface area contributed by atoms with Gasteiger partial charge in [0.05, 0.1) is 23.6 Å². The SMILES string of the molecule is CCOc1cc(C2c3c(oc4ccc(Cl)cc4c3=O)C(=O)N2c2ccc(CC)cc2)ccc1O. The number of hydrogen-bond acceptors (Lipinski definition) is 5. The number of aryl methyl sites for hydroxylation is 1. The van der Waals surface area contributed by atoms with Gasteiger partial charge in [-0.2, -0.15) is 0 Å². The van der Waals surface area contributed by atoms with Crippen molar-refractivity contribution in [2.24, 2.45) is 0 Å². The van der Waals surface area contributed by atoms with Crippen LogP contribution in [0.2, 0.25) is 5.02 Å². The van der Waals surface area contributed by atoms with Crippen LogP contribution >= 0.6 is 11.6 Å². The fourth-order valence-corrected chi connectivity index (χ4v) is 4.56. The molecule has 1 N–H and O–H groups in total. The van der Waals surface area contributed by atoms with Gasteiger partial charge in [0.1, 0.15) is 5.58 Å². The van der Waals surface area contributed by atoms with E-state index < -0.39 is 11.9 Å². The molecule has 1 aromatic heterocycles. The highest BCUT2D eigenvalue weighted by Gasteiger charge is 2.44. The van der Waals surface area contributed by atoms with Gasteiger partial charge in [0.25, 0.3) is 5.91 Å². The Balaban J connectivity index is 1.78. The first-order valence-electron chi connectivity index (χ1n) is 11.1. The van der Waals surface area contributed by atoms with Crippen LogP contribution in [0.3, 0.4) is 0 Å². The van der Waals surface area contributed by atoms with Crippen LogP contribution in [0.5, 0.6) is 11.5 Å². The standard InChI is InChI=1S/C27H22ClNO5/c1-3-15-5-9-18(10-6-15)29-24(16-7-11-20(30)22(13-16)33-4-2)23-25(31)19-14-17(28)8-12-21(19)34-26(23)27(29)32/h5-14,24,30H,3-4H2,1-2H3. The molecule has 1 atom stereocenters. The molecule has 34 heavy (non-hydrogen) atoms. The van der Waals surface area contributed by atoms with Crippen molar-refractivity contribution >= 4 is 34.2 Å². The van der Waals surface area contributed by atoms with Crippen molar-refractivity contribution in [3.8, 4) is 11.5 Å². The van der Waals surface area contributed by atoms with E-state index in [0.29, 0.717) is 33.8 Å². The van der Waals surface area contributed by atoms with E-state index in [1.54, 1.807) is 35.2 Å². The van der Waals surface area contributed by atoms with Crippen LogP contribution < -0.4 is 15.1 Å². The van der Waals surface area contributed by atoms with E-state index in [1.165, 1.54) is 6.07 Å². The van der Waals surface area contributed by atoms with Gasteiger partial charge >= 0.3 is 0 Å². The Hall–Kier alpha value is -3.77. The molecule has 1 aliphatic heterocycles. The maximum absolute atomic E-state index is 13.7. The van der Waals surface area contributed by atoms with Crippen molar-refractivity contribution in [3.05, 3.63) is 98.4 Å². The number of fused-ring (bicyclic) bond motifs is 2. The van der Waals surface area contributed by atoms with Crippen molar-refractivity contribution in [1.29, 1.82) is 0 Å². The first-order chi connectivity index (χ1) is 16.4. The Morgan fingerprint density at radius 2 is 1.79 bits per heavy atom. The summed E-state index contributed by atoms with van der Waals surface area (Å²) in [7, 11) is 0. The summed E-state index contributed by atoms with van der Waals surface area (Å²) in [5.74, 6) is -0.165. The lowest BCUT2D eigenvalue weighted by molar-refractivity contribution is 0.0971. The summed E-state index contributed by atoms with van der Waals surface area (Å²) in [4.78, 5) is 28.9. The summed E-state index contributed by atoms with van der Waals surface area (Å²) >= 11 is 6.15. The van der Waals surface area contributed by atoms with E-state index in [2.05, 4.69) is 6.92 Å². The maximum Gasteiger partial charge on any atom is 0.295 e. The Morgan fingerprint density at radius 1 is 1.03 bits per heavy atom. The highest BCUT2D eigenvalue weighted by atomic mass is 35.5. The van der Waals surface area contributed by atoms with Crippen molar-refractivity contribution in [2.45, 2.75) is 26.3 Å². The first kappa shape index (κ1) is 22.0. The molecule has 0 aliphatic carbocycles. The van der Waals surface area contributed by atoms with Gasteiger partial charge in [0, 0.05) is 10.7 Å². The number of ether oxygens (including phenoxy) is 1. The van der Waals surface area contributed by atoms with Gasteiger partial charge < -0.3 is 14.3 Å². The number of carbonyl (C=O) groups is 1. The molecule has 0 saturated heterocycles. The zero-order chi connectivity index (χ0) is 24.0. The predicted octanol–water partition coefficient (Wildman–Crippen LogP) is 5.86. The number of aromatic hydroxyl groups is 1. The van der Waals surface area contributed by atoms with Crippen molar-refractivity contribution in [2.75, 3.05) is 11.5 Å². The van der Waals surface area contributed by atoms with E-state index in [-0.39, 0.29) is 28.3 Å². The number of halogens is 1. The number of carbonyl (C=O) groups excluding carboxylic acids is 1. The third kappa shape index (κ3) is 3.51. The van der Waals surface area contributed by atoms with Gasteiger partial charge in [-0.25, -0.2) is 0 Å². The molecule has 6 nitrogen and oxygen atoms in total. The van der Waals surface area contributed by atoms with Crippen LogP contribution in [0, 0.1) is 0 Å². The number of rotatable bonds is 5. The molecule has 0 fully saturated rings. The smallest absolute Gasteiger partial charge is 0.295 e. The molecule has 0 spiro atoms. The van der Waals surface area contributed by atoms with Gasteiger partial charge in [-0.3, -0.25) is 14.5 Å². The molecule has 1 amide bonds. The van der Waals surface area contributed by atoms with Crippen LogP contribution in [0.1, 0.15) is 47.1 Å². The van der Waals surface area contributed by atoms with Gasteiger partial charge in [0.15, 0.2) is 16.9 Å². The van der Waals surface area contributed by atoms with Crippen LogP contribution in [0.15, 0.2) is 69.9 Å². The van der Waals surface area contributed by atoms with Gasteiger partial charge in [-0.05, 0) is 66.9 Å². The van der Waals surface area contributed by atoms with E-state index >= 15 is 0 Å². The molecule has 172 valence electrons. The van der Waals surface area contributed by atoms with Gasteiger partial charge in [-0.15, -0.1) is 0 Å². The summed E-state index contributed by atoms with van der Waals surface area (Å²) < 4.78 is 11.5. The minimum Gasteiger partial charge on any atom is -0.504 e. The summed E-state index contributed by atoms with van der Waals surface area (Å²) in [6.45, 7) is 4.22. The highest BCUT2D eigenvalue weighted by Crippen LogP contribution is 2.43. The molecule has 1 aliphatic rings. The van der Waals surface area contributed by atoms with E-state index in [4.69, 9.17) is 20.8 Å². The number of hydrogen-bond donors (Lipinski definition) is 1. The molecule has 0 saturated carbocycles. The van der Waals surface area contributed by atoms with Crippen LogP contribution in [0.4, 0.5) is 5.69 Å². The molecular weight excluding hydrogens is 454 g/mol. The Bertz CT molecular complexity index is 1480. The second kappa shape index (κ2) is 8.54. The molecular formula is C27H22ClNO5. The van der Waals surface area contributed by atoms with E-state index in [1.807, 2.05) is 31.2 Å². The second-order valence-corrected chi connectivity index (χ2v) is 8.51. The molecule has 0 radical (unpaired) electrons. The Morgan fingerprint density at radius 3 is 2.50 bits per heavy atom. The highest BCUT2D eigenvalue weighted by molar-refractivity contribution is 6.31. The van der Waals surface area contributed by atoms with Crippen LogP contribution in [-0.4, -0.2) is 17.6 Å². The molecule has 4 aromatic rings. The zero-order valence-corrected chi connectivity index (χ0v) is 19.4. The van der Waals surface area contributed by atoms with E-state index in [9.17, 15) is 14.7 Å². The van der Waals surface area contributed by atoms with Crippen molar-refractivity contribution in [1.82, 2.24) is 0 Å². The lowest BCUT2D eigenvalue weighted by Crippen LogP contribution is -2.29. The minimum absolute atomic E-state index is 0.00424. The van der Waals surface area contributed by atoms with Crippen LogP contribution in [0.25, 0.3) is 11.0 Å². The third-order valence-electron chi connectivity index (χ3n) is 6.05. The fraction of sp³-hybridized carbons (Fsp3) is 0.185. The average Bonchev–Trinajstić information content (AvgIpc) is 3.13.